The van der Waals surface area contributed by atoms with Crippen LogP contribution in [0.1, 0.15) is 37.3 Å². The van der Waals surface area contributed by atoms with Gasteiger partial charge in [-0.2, -0.15) is 18.3 Å². The van der Waals surface area contributed by atoms with Crippen LogP contribution in [0.3, 0.4) is 0 Å². The quantitative estimate of drug-likeness (QED) is 0.482. The summed E-state index contributed by atoms with van der Waals surface area (Å²) in [4.78, 5) is 25.9. The lowest BCUT2D eigenvalue weighted by Crippen LogP contribution is -2.45. The summed E-state index contributed by atoms with van der Waals surface area (Å²) >= 11 is 0. The van der Waals surface area contributed by atoms with Gasteiger partial charge in [0.2, 0.25) is 0 Å². The van der Waals surface area contributed by atoms with Gasteiger partial charge in [-0.25, -0.2) is 4.79 Å². The van der Waals surface area contributed by atoms with Gasteiger partial charge in [0.05, 0.1) is 18.2 Å². The van der Waals surface area contributed by atoms with E-state index >= 15 is 0 Å². The number of carbonyl (C=O) groups is 2. The van der Waals surface area contributed by atoms with Crippen LogP contribution in [0.2, 0.25) is 0 Å². The largest absolute Gasteiger partial charge is 0.481 e. The van der Waals surface area contributed by atoms with Crippen LogP contribution in [-0.2, 0) is 22.6 Å². The predicted octanol–water partition coefficient (Wildman–Crippen LogP) is 5.74. The SMILES string of the molecule is C[C@@H]1C(C(F)(F)F)=NN(c2ccc(CC3[C@@H]4CC[C@@H]3CN(C(=O)OCc3ccccc3)C4)cc2)[C@H]1CC(=O)O. The van der Waals surface area contributed by atoms with Crippen molar-refractivity contribution in [3.63, 3.8) is 0 Å². The number of amides is 1. The van der Waals surface area contributed by atoms with E-state index in [0.29, 0.717) is 36.5 Å². The van der Waals surface area contributed by atoms with E-state index in [1.165, 1.54) is 11.9 Å². The van der Waals surface area contributed by atoms with E-state index in [9.17, 15) is 27.9 Å². The summed E-state index contributed by atoms with van der Waals surface area (Å²) in [7, 11) is 0. The maximum Gasteiger partial charge on any atom is 0.431 e. The van der Waals surface area contributed by atoms with E-state index < -0.39 is 36.2 Å². The normalized spacial score (nSPS) is 26.5. The number of carboxylic acid groups (broad SMARTS) is 1. The molecule has 0 aromatic heterocycles. The van der Waals surface area contributed by atoms with Crippen LogP contribution in [0.5, 0.6) is 0 Å². The van der Waals surface area contributed by atoms with Gasteiger partial charge >= 0.3 is 18.2 Å². The van der Waals surface area contributed by atoms with Crippen LogP contribution in [0.25, 0.3) is 0 Å². The van der Waals surface area contributed by atoms with Gasteiger partial charge in [0.1, 0.15) is 12.3 Å². The fraction of sp³-hybridized carbons (Fsp3) is 0.483. The highest BCUT2D eigenvalue weighted by Gasteiger charge is 2.49. The molecule has 1 aliphatic carbocycles. The van der Waals surface area contributed by atoms with Crippen LogP contribution < -0.4 is 5.01 Å². The Labute approximate surface area is 225 Å². The second-order valence-electron chi connectivity index (χ2n) is 10.9. The molecule has 5 rings (SSSR count). The lowest BCUT2D eigenvalue weighted by atomic mass is 9.81. The number of hydrazone groups is 1. The van der Waals surface area contributed by atoms with E-state index in [1.807, 2.05) is 47.4 Å². The minimum absolute atomic E-state index is 0.249. The Morgan fingerprint density at radius 3 is 2.23 bits per heavy atom. The van der Waals surface area contributed by atoms with Gasteiger partial charge in [0.25, 0.3) is 0 Å². The second kappa shape index (κ2) is 10.9. The van der Waals surface area contributed by atoms with E-state index in [0.717, 1.165) is 30.4 Å². The molecular weight excluding hydrogens is 511 g/mol. The van der Waals surface area contributed by atoms with Crippen molar-refractivity contribution in [3.05, 3.63) is 65.7 Å². The molecule has 3 aliphatic rings. The average molecular weight is 544 g/mol. The number of nitrogens with zero attached hydrogens (tertiary/aromatic N) is 3. The molecule has 39 heavy (non-hydrogen) atoms. The summed E-state index contributed by atoms with van der Waals surface area (Å²) in [6, 6.07) is 15.9. The van der Waals surface area contributed by atoms with Gasteiger partial charge in [0.15, 0.2) is 0 Å². The van der Waals surface area contributed by atoms with Crippen molar-refractivity contribution < 1.29 is 32.6 Å². The van der Waals surface area contributed by atoms with Crippen molar-refractivity contribution in [2.75, 3.05) is 18.1 Å². The Hall–Kier alpha value is -3.56. The van der Waals surface area contributed by atoms with Crippen molar-refractivity contribution in [2.24, 2.45) is 28.8 Å². The number of fused-ring (bicyclic) bond motifs is 2. The van der Waals surface area contributed by atoms with Crippen molar-refractivity contribution in [2.45, 2.75) is 51.4 Å². The molecule has 2 bridgehead atoms. The number of benzene rings is 2. The monoisotopic (exact) mass is 543 g/mol. The Morgan fingerprint density at radius 2 is 1.64 bits per heavy atom. The molecule has 0 spiro atoms. The first kappa shape index (κ1) is 27.0. The molecule has 1 saturated carbocycles. The zero-order valence-electron chi connectivity index (χ0n) is 21.7. The number of anilines is 1. The smallest absolute Gasteiger partial charge is 0.431 e. The van der Waals surface area contributed by atoms with Crippen LogP contribution >= 0.6 is 0 Å². The minimum Gasteiger partial charge on any atom is -0.481 e. The van der Waals surface area contributed by atoms with Crippen molar-refractivity contribution >= 4 is 23.5 Å². The molecule has 2 aromatic rings. The van der Waals surface area contributed by atoms with E-state index in [1.54, 1.807) is 12.1 Å². The van der Waals surface area contributed by atoms with Gasteiger partial charge in [-0.15, -0.1) is 0 Å². The molecular formula is C29H32F3N3O4. The summed E-state index contributed by atoms with van der Waals surface area (Å²) in [5.74, 6) is -1.08. The highest BCUT2D eigenvalue weighted by molar-refractivity contribution is 5.95. The van der Waals surface area contributed by atoms with E-state index in [4.69, 9.17) is 4.74 Å². The molecule has 2 aromatic carbocycles. The van der Waals surface area contributed by atoms with E-state index in [-0.39, 0.29) is 12.7 Å². The fourth-order valence-electron chi connectivity index (χ4n) is 6.37. The Balaban J connectivity index is 1.22. The van der Waals surface area contributed by atoms with Gasteiger partial charge < -0.3 is 14.7 Å². The molecule has 7 nitrogen and oxygen atoms in total. The topological polar surface area (TPSA) is 82.4 Å². The molecule has 2 aliphatic heterocycles. The number of carbonyl (C=O) groups excluding carboxylic acids is 1. The summed E-state index contributed by atoms with van der Waals surface area (Å²) in [6.07, 6.45) is -2.43. The third-order valence-electron chi connectivity index (χ3n) is 8.38. The number of hydrogen-bond acceptors (Lipinski definition) is 5. The predicted molar refractivity (Wildman–Crippen MR) is 139 cm³/mol. The molecule has 0 radical (unpaired) electrons. The number of carboxylic acids is 1. The first-order valence-electron chi connectivity index (χ1n) is 13.3. The standard InChI is InChI=1S/C29H32F3N3O4/c1-18-25(14-26(36)37)35(33-27(18)29(30,31)32)23-11-7-19(8-12-23)13-24-21-9-10-22(24)16-34(15-21)28(38)39-17-20-5-3-2-4-6-20/h2-8,11-12,18,21-22,24-25H,9-10,13-17H2,1H3,(H,36,37)/t18-,21+,22+,25-/m0/s1. The molecule has 4 atom stereocenters. The molecule has 2 heterocycles. The molecule has 0 unspecified atom stereocenters. The fourth-order valence-corrected chi connectivity index (χ4v) is 6.37. The van der Waals surface area contributed by atoms with Crippen molar-refractivity contribution in [1.29, 1.82) is 0 Å². The Bertz CT molecular complexity index is 1200. The lowest BCUT2D eigenvalue weighted by Gasteiger charge is -2.37. The minimum atomic E-state index is -4.62. The molecule has 1 amide bonds. The second-order valence-corrected chi connectivity index (χ2v) is 10.9. The van der Waals surface area contributed by atoms with Crippen LogP contribution in [-0.4, -0.2) is 53.1 Å². The number of halogens is 3. The zero-order valence-corrected chi connectivity index (χ0v) is 21.7. The average Bonchev–Trinajstić information content (AvgIpc) is 3.33. The first-order chi connectivity index (χ1) is 18.6. The maximum atomic E-state index is 13.5. The van der Waals surface area contributed by atoms with Gasteiger partial charge in [-0.05, 0) is 60.3 Å². The third-order valence-corrected chi connectivity index (χ3v) is 8.38. The maximum absolute atomic E-state index is 13.5. The van der Waals surface area contributed by atoms with Crippen LogP contribution in [0.4, 0.5) is 23.7 Å². The number of rotatable bonds is 7. The Morgan fingerprint density at radius 1 is 1.00 bits per heavy atom. The zero-order chi connectivity index (χ0) is 27.7. The van der Waals surface area contributed by atoms with Gasteiger partial charge in [-0.1, -0.05) is 49.4 Å². The molecule has 1 saturated heterocycles. The van der Waals surface area contributed by atoms with Crippen molar-refractivity contribution in [3.8, 4) is 0 Å². The third kappa shape index (κ3) is 5.89. The summed E-state index contributed by atoms with van der Waals surface area (Å²) in [6.45, 7) is 2.93. The highest BCUT2D eigenvalue weighted by Crippen LogP contribution is 2.44. The van der Waals surface area contributed by atoms with E-state index in [2.05, 4.69) is 5.10 Å². The molecule has 1 N–H and O–H groups in total. The molecule has 208 valence electrons. The van der Waals surface area contributed by atoms with Gasteiger partial charge in [-0.3, -0.25) is 9.80 Å². The molecule has 10 heteroatoms. The number of alkyl halides is 3. The summed E-state index contributed by atoms with van der Waals surface area (Å²) < 4.78 is 46.0. The number of hydrogen-bond donors (Lipinski definition) is 1. The highest BCUT2D eigenvalue weighted by atomic mass is 19.4. The van der Waals surface area contributed by atoms with Gasteiger partial charge in [0, 0.05) is 19.0 Å². The Kier molecular flexibility index (Phi) is 7.55. The number of ether oxygens (including phenoxy) is 1. The number of piperidine rings is 1. The number of aliphatic carboxylic acids is 1. The molecule has 2 fully saturated rings. The summed E-state index contributed by atoms with van der Waals surface area (Å²) in [5.41, 5.74) is 1.49. The lowest BCUT2D eigenvalue weighted by molar-refractivity contribution is -0.137. The van der Waals surface area contributed by atoms with Crippen molar-refractivity contribution in [1.82, 2.24) is 4.90 Å². The van der Waals surface area contributed by atoms with Crippen LogP contribution in [0.15, 0.2) is 59.7 Å². The summed E-state index contributed by atoms with van der Waals surface area (Å²) in [5, 5.41) is 14.3. The first-order valence-corrected chi connectivity index (χ1v) is 13.3. The van der Waals surface area contributed by atoms with Crippen LogP contribution in [0, 0.1) is 23.7 Å². The number of likely N-dealkylation sites (tertiary alicyclic amines) is 1.